The Bertz CT molecular complexity index is 1050. The lowest BCUT2D eigenvalue weighted by Gasteiger charge is -2.17. The van der Waals surface area contributed by atoms with Crippen LogP contribution in [0.15, 0.2) is 27.5 Å². The van der Waals surface area contributed by atoms with Gasteiger partial charge in [0.25, 0.3) is 5.56 Å². The number of nitrogens with one attached hydrogen (secondary N) is 1. The van der Waals surface area contributed by atoms with Crippen molar-refractivity contribution >= 4 is 34.1 Å². The van der Waals surface area contributed by atoms with E-state index in [1.54, 1.807) is 26.0 Å². The van der Waals surface area contributed by atoms with E-state index in [1.807, 2.05) is 19.9 Å². The molecule has 2 heterocycles. The third-order valence-electron chi connectivity index (χ3n) is 4.32. The van der Waals surface area contributed by atoms with Crippen LogP contribution in [0, 0.1) is 20.8 Å². The highest BCUT2D eigenvalue weighted by atomic mass is 35.5. The average Bonchev–Trinajstić information content (AvgIpc) is 2.99. The number of fused-ring (bicyclic) bond motifs is 1. The van der Waals surface area contributed by atoms with Crippen LogP contribution in [0.25, 0.3) is 10.9 Å². The molecule has 0 saturated heterocycles. The van der Waals surface area contributed by atoms with Crippen molar-refractivity contribution in [1.82, 2.24) is 14.9 Å². The first-order chi connectivity index (χ1) is 12.3. The third kappa shape index (κ3) is 3.10. The molecule has 7 nitrogen and oxygen atoms in total. The minimum Gasteiger partial charge on any atom is -0.360 e. The Morgan fingerprint density at radius 2 is 2.08 bits per heavy atom. The van der Waals surface area contributed by atoms with E-state index < -0.39 is 11.6 Å². The Morgan fingerprint density at radius 1 is 1.35 bits per heavy atom. The van der Waals surface area contributed by atoms with Crippen molar-refractivity contribution in [3.8, 4) is 0 Å². The second-order valence-corrected chi connectivity index (χ2v) is 6.58. The largest absolute Gasteiger partial charge is 0.360 e. The fourth-order valence-electron chi connectivity index (χ4n) is 2.89. The van der Waals surface area contributed by atoms with Gasteiger partial charge in [-0.1, -0.05) is 29.7 Å². The maximum atomic E-state index is 12.7. The zero-order valence-electron chi connectivity index (χ0n) is 15.0. The lowest BCUT2D eigenvalue weighted by molar-refractivity contribution is -0.119. The number of rotatable bonds is 4. The number of aromatic nitrogens is 3. The number of amides is 1. The summed E-state index contributed by atoms with van der Waals surface area (Å²) < 4.78 is 6.28. The van der Waals surface area contributed by atoms with Gasteiger partial charge in [0.05, 0.1) is 11.1 Å². The predicted octanol–water partition coefficient (Wildman–Crippen LogP) is 3.55. The lowest BCUT2D eigenvalue weighted by Crippen LogP contribution is -2.35. The average molecular weight is 375 g/mol. The lowest BCUT2D eigenvalue weighted by atomic mass is 10.1. The van der Waals surface area contributed by atoms with Crippen molar-refractivity contribution in [3.63, 3.8) is 0 Å². The first kappa shape index (κ1) is 18.1. The number of halogens is 1. The molecule has 26 heavy (non-hydrogen) atoms. The Kier molecular flexibility index (Phi) is 4.82. The molecule has 8 heteroatoms. The zero-order chi connectivity index (χ0) is 19.0. The van der Waals surface area contributed by atoms with E-state index >= 15 is 0 Å². The summed E-state index contributed by atoms with van der Waals surface area (Å²) in [5.74, 6) is 0.182. The molecule has 2 aromatic heterocycles. The van der Waals surface area contributed by atoms with Crippen molar-refractivity contribution in [2.75, 3.05) is 5.32 Å². The van der Waals surface area contributed by atoms with Crippen molar-refractivity contribution < 1.29 is 9.32 Å². The van der Waals surface area contributed by atoms with Gasteiger partial charge < -0.3 is 9.84 Å². The molecule has 0 aliphatic carbocycles. The second kappa shape index (κ2) is 6.92. The molecule has 0 aliphatic rings. The highest BCUT2D eigenvalue weighted by molar-refractivity contribution is 6.31. The van der Waals surface area contributed by atoms with E-state index in [0.717, 1.165) is 5.56 Å². The molecule has 0 unspecified atom stereocenters. The van der Waals surface area contributed by atoms with Crippen LogP contribution in [-0.2, 0) is 4.79 Å². The number of hydrogen-bond donors (Lipinski definition) is 1. The number of carbonyl (C=O) groups excluding carboxylic acids is 1. The molecule has 0 fully saturated rings. The molecule has 3 rings (SSSR count). The van der Waals surface area contributed by atoms with Crippen LogP contribution in [0.4, 0.5) is 5.69 Å². The molecule has 1 N–H and O–H groups in total. The molecule has 3 aromatic rings. The van der Waals surface area contributed by atoms with Gasteiger partial charge in [-0.2, -0.15) is 5.10 Å². The van der Waals surface area contributed by atoms with Crippen LogP contribution in [0.3, 0.4) is 0 Å². The second-order valence-electron chi connectivity index (χ2n) is 6.17. The highest BCUT2D eigenvalue weighted by Gasteiger charge is 2.24. The summed E-state index contributed by atoms with van der Waals surface area (Å²) >= 11 is 6.10. The molecule has 136 valence electrons. The number of carbonyl (C=O) groups is 1. The normalized spacial score (nSPS) is 12.3. The van der Waals surface area contributed by atoms with Crippen LogP contribution in [0.5, 0.6) is 0 Å². The first-order valence-electron chi connectivity index (χ1n) is 8.26. The summed E-state index contributed by atoms with van der Waals surface area (Å²) in [5, 5.41) is 12.1. The number of aryl methyl sites for hydroxylation is 3. The minimum atomic E-state index is -0.775. The molecular formula is C18H19ClN4O3. The number of nitrogens with zero attached hydrogens (tertiary/aromatic N) is 3. The molecule has 1 atom stereocenters. The van der Waals surface area contributed by atoms with E-state index in [4.69, 9.17) is 16.1 Å². The molecule has 0 spiro atoms. The van der Waals surface area contributed by atoms with Crippen LogP contribution < -0.4 is 10.9 Å². The third-order valence-corrected chi connectivity index (χ3v) is 4.72. The Balaban J connectivity index is 1.99. The van der Waals surface area contributed by atoms with Crippen LogP contribution in [0.1, 0.15) is 36.4 Å². The fraction of sp³-hybridized carbons (Fsp3) is 0.333. The SMILES string of the molecule is CC[C@H](C(=O)Nc1ccc(C)c(Cl)c1)n1nc(C)c2c(C)onc2c1=O. The first-order valence-corrected chi connectivity index (χ1v) is 8.63. The topological polar surface area (TPSA) is 90.0 Å². The summed E-state index contributed by atoms with van der Waals surface area (Å²) in [4.78, 5) is 25.5. The molecule has 0 aliphatic heterocycles. The van der Waals surface area contributed by atoms with E-state index in [1.165, 1.54) is 4.68 Å². The molecule has 1 amide bonds. The summed E-state index contributed by atoms with van der Waals surface area (Å²) in [6, 6.07) is 4.48. The fourth-order valence-corrected chi connectivity index (χ4v) is 3.07. The summed E-state index contributed by atoms with van der Waals surface area (Å²) in [6.07, 6.45) is 0.389. The van der Waals surface area contributed by atoms with E-state index in [2.05, 4.69) is 15.6 Å². The van der Waals surface area contributed by atoms with Crippen molar-refractivity contribution in [1.29, 1.82) is 0 Å². The molecule has 1 aromatic carbocycles. The van der Waals surface area contributed by atoms with E-state index in [-0.39, 0.29) is 11.4 Å². The minimum absolute atomic E-state index is 0.180. The monoisotopic (exact) mass is 374 g/mol. The predicted molar refractivity (Wildman–Crippen MR) is 99.7 cm³/mol. The van der Waals surface area contributed by atoms with Crippen LogP contribution in [-0.4, -0.2) is 20.8 Å². The van der Waals surface area contributed by atoms with Gasteiger partial charge in [-0.25, -0.2) is 4.68 Å². The number of benzene rings is 1. The van der Waals surface area contributed by atoms with Gasteiger partial charge >= 0.3 is 0 Å². The highest BCUT2D eigenvalue weighted by Crippen LogP contribution is 2.22. The van der Waals surface area contributed by atoms with Gasteiger partial charge in [0.2, 0.25) is 5.91 Å². The van der Waals surface area contributed by atoms with Gasteiger partial charge in [0.15, 0.2) is 5.52 Å². The zero-order valence-corrected chi connectivity index (χ0v) is 15.7. The summed E-state index contributed by atoms with van der Waals surface area (Å²) in [5.41, 5.74) is 1.79. The molecule has 0 radical (unpaired) electrons. The van der Waals surface area contributed by atoms with Crippen molar-refractivity contribution in [2.45, 2.75) is 40.2 Å². The van der Waals surface area contributed by atoms with Gasteiger partial charge in [0, 0.05) is 10.7 Å². The molecular weight excluding hydrogens is 356 g/mol. The van der Waals surface area contributed by atoms with Gasteiger partial charge in [0.1, 0.15) is 11.8 Å². The Labute approximate surface area is 154 Å². The quantitative estimate of drug-likeness (QED) is 0.754. The smallest absolute Gasteiger partial charge is 0.297 e. The van der Waals surface area contributed by atoms with Crippen molar-refractivity contribution in [3.05, 3.63) is 50.6 Å². The number of anilines is 1. The summed E-state index contributed by atoms with van der Waals surface area (Å²) in [7, 11) is 0. The molecule has 0 bridgehead atoms. The molecule has 0 saturated carbocycles. The van der Waals surface area contributed by atoms with Gasteiger partial charge in [-0.3, -0.25) is 9.59 Å². The standard InChI is InChI=1S/C18H19ClN4O3/c1-5-14(17(24)20-12-7-6-9(2)13(19)8-12)23-18(25)16-15(10(3)21-23)11(4)26-22-16/h6-8,14H,5H2,1-4H3,(H,20,24)/t14-/m1/s1. The summed E-state index contributed by atoms with van der Waals surface area (Å²) in [6.45, 7) is 7.17. The van der Waals surface area contributed by atoms with Gasteiger partial charge in [-0.15, -0.1) is 0 Å². The van der Waals surface area contributed by atoms with Gasteiger partial charge in [-0.05, 0) is 44.9 Å². The van der Waals surface area contributed by atoms with Crippen LogP contribution >= 0.6 is 11.6 Å². The number of hydrogen-bond acceptors (Lipinski definition) is 5. The maximum Gasteiger partial charge on any atom is 0.297 e. The van der Waals surface area contributed by atoms with E-state index in [0.29, 0.717) is 34.0 Å². The van der Waals surface area contributed by atoms with Crippen molar-refractivity contribution in [2.24, 2.45) is 0 Å². The Hall–Kier alpha value is -2.67. The van der Waals surface area contributed by atoms with E-state index in [9.17, 15) is 9.59 Å². The Morgan fingerprint density at radius 3 is 2.73 bits per heavy atom. The maximum absolute atomic E-state index is 12.7. The van der Waals surface area contributed by atoms with Crippen LogP contribution in [0.2, 0.25) is 5.02 Å².